The quantitative estimate of drug-likeness (QED) is 0.829. The number of aryl methyl sites for hydroxylation is 1. The number of rotatable bonds is 3. The summed E-state index contributed by atoms with van der Waals surface area (Å²) in [5, 5.41) is 10.5. The van der Waals surface area contributed by atoms with Gasteiger partial charge < -0.3 is 15.6 Å². The third kappa shape index (κ3) is 2.60. The molecule has 5 heteroatoms. The Morgan fingerprint density at radius 2 is 2.06 bits per heavy atom. The monoisotopic (exact) mass is 271 g/mol. The number of phenols is 1. The fraction of sp³-hybridized carbons (Fsp3) is 0.462. The summed E-state index contributed by atoms with van der Waals surface area (Å²) in [6, 6.07) is 2.50. The third-order valence-electron chi connectivity index (χ3n) is 3.12. The molecule has 0 spiro atoms. The van der Waals surface area contributed by atoms with Gasteiger partial charge in [-0.3, -0.25) is 4.79 Å². The molecule has 3 N–H and O–H groups in total. The van der Waals surface area contributed by atoms with Gasteiger partial charge in [-0.2, -0.15) is 0 Å². The van der Waals surface area contributed by atoms with Crippen LogP contribution in [0.15, 0.2) is 12.1 Å². The second kappa shape index (κ2) is 5.16. The van der Waals surface area contributed by atoms with E-state index in [-0.39, 0.29) is 5.75 Å². The molecule has 18 heavy (non-hydrogen) atoms. The van der Waals surface area contributed by atoms with Crippen molar-refractivity contribution in [3.63, 3.8) is 0 Å². The van der Waals surface area contributed by atoms with Crippen molar-refractivity contribution in [2.24, 2.45) is 11.1 Å². The van der Waals surface area contributed by atoms with E-state index in [2.05, 4.69) is 0 Å². The first-order chi connectivity index (χ1) is 8.21. The first kappa shape index (κ1) is 14.8. The summed E-state index contributed by atoms with van der Waals surface area (Å²) in [6.45, 7) is 5.06. The second-order valence-corrected chi connectivity index (χ2v) is 5.29. The average molecular weight is 272 g/mol. The number of carbonyl (C=O) groups excluding carboxylic acids is 1. The number of carbonyl (C=O) groups is 1. The van der Waals surface area contributed by atoms with E-state index < -0.39 is 17.4 Å². The molecule has 0 aliphatic carbocycles. The zero-order valence-corrected chi connectivity index (χ0v) is 11.7. The van der Waals surface area contributed by atoms with Gasteiger partial charge in [0.2, 0.25) is 0 Å². The largest absolute Gasteiger partial charge is 0.507 e. The number of hydrogen-bond acceptors (Lipinski definition) is 4. The van der Waals surface area contributed by atoms with E-state index >= 15 is 0 Å². The molecule has 0 heterocycles. The second-order valence-electron chi connectivity index (χ2n) is 4.85. The molecule has 0 bridgehead atoms. The van der Waals surface area contributed by atoms with Gasteiger partial charge in [0.1, 0.15) is 5.75 Å². The Morgan fingerprint density at radius 3 is 2.56 bits per heavy atom. The van der Waals surface area contributed by atoms with Crippen molar-refractivity contribution in [2.75, 3.05) is 7.11 Å². The van der Waals surface area contributed by atoms with Gasteiger partial charge in [0.15, 0.2) is 0 Å². The van der Waals surface area contributed by atoms with Gasteiger partial charge in [0, 0.05) is 16.6 Å². The third-order valence-corrected chi connectivity index (χ3v) is 3.34. The minimum Gasteiger partial charge on any atom is -0.507 e. The molecule has 4 nitrogen and oxygen atoms in total. The van der Waals surface area contributed by atoms with Crippen LogP contribution < -0.4 is 5.73 Å². The number of esters is 1. The minimum absolute atomic E-state index is 0.0591. The lowest BCUT2D eigenvalue weighted by atomic mass is 9.80. The molecular weight excluding hydrogens is 254 g/mol. The molecular formula is C13H18ClNO3. The van der Waals surface area contributed by atoms with Crippen molar-refractivity contribution >= 4 is 17.6 Å². The van der Waals surface area contributed by atoms with E-state index in [1.54, 1.807) is 32.9 Å². The van der Waals surface area contributed by atoms with Crippen molar-refractivity contribution in [2.45, 2.75) is 26.8 Å². The number of methoxy groups -OCH3 is 1. The lowest BCUT2D eigenvalue weighted by Crippen LogP contribution is -2.37. The molecule has 0 radical (unpaired) electrons. The summed E-state index contributed by atoms with van der Waals surface area (Å²) in [4.78, 5) is 11.7. The molecule has 1 rings (SSSR count). The van der Waals surface area contributed by atoms with Crippen LogP contribution in [0.2, 0.25) is 5.02 Å². The maximum atomic E-state index is 11.7. The van der Waals surface area contributed by atoms with Gasteiger partial charge in [-0.05, 0) is 38.5 Å². The number of hydrogen-bond donors (Lipinski definition) is 2. The molecule has 100 valence electrons. The number of nitrogens with two attached hydrogens (primary N) is 1. The predicted octanol–water partition coefficient (Wildman–Crippen LogP) is 2.55. The SMILES string of the molecule is COC(=O)C(C)(C)[C@H](N)c1cc(Cl)cc(C)c1O. The summed E-state index contributed by atoms with van der Waals surface area (Å²) >= 11 is 5.95. The molecule has 0 aliphatic heterocycles. The van der Waals surface area contributed by atoms with Crippen molar-refractivity contribution < 1.29 is 14.6 Å². The highest BCUT2D eigenvalue weighted by molar-refractivity contribution is 6.30. The van der Waals surface area contributed by atoms with Gasteiger partial charge in [0.25, 0.3) is 0 Å². The first-order valence-electron chi connectivity index (χ1n) is 5.54. The number of phenolic OH excluding ortho intramolecular Hbond substituents is 1. The molecule has 0 saturated heterocycles. The zero-order valence-electron chi connectivity index (χ0n) is 11.0. The Morgan fingerprint density at radius 1 is 1.50 bits per heavy atom. The highest BCUT2D eigenvalue weighted by Gasteiger charge is 2.38. The number of ether oxygens (including phenoxy) is 1. The van der Waals surface area contributed by atoms with E-state index in [4.69, 9.17) is 22.1 Å². The average Bonchev–Trinajstić information content (AvgIpc) is 2.31. The molecule has 0 aromatic heterocycles. The minimum atomic E-state index is -0.955. The maximum absolute atomic E-state index is 11.7. The summed E-state index contributed by atoms with van der Waals surface area (Å²) in [7, 11) is 1.31. The molecule has 1 aromatic carbocycles. The van der Waals surface area contributed by atoms with Crippen molar-refractivity contribution in [3.05, 3.63) is 28.3 Å². The van der Waals surface area contributed by atoms with Crippen molar-refractivity contribution in [1.29, 1.82) is 0 Å². The van der Waals surface area contributed by atoms with Crippen LogP contribution in [0.25, 0.3) is 0 Å². The van der Waals surface area contributed by atoms with Crippen LogP contribution in [-0.2, 0) is 9.53 Å². The topological polar surface area (TPSA) is 72.5 Å². The number of halogens is 1. The van der Waals surface area contributed by atoms with Gasteiger partial charge in [-0.25, -0.2) is 0 Å². The Bertz CT molecular complexity index is 472. The van der Waals surface area contributed by atoms with E-state index in [1.165, 1.54) is 7.11 Å². The van der Waals surface area contributed by atoms with Crippen molar-refractivity contribution in [3.8, 4) is 5.75 Å². The van der Waals surface area contributed by atoms with Crippen LogP contribution in [0.4, 0.5) is 0 Å². The summed E-state index contributed by atoms with van der Waals surface area (Å²) in [5.41, 5.74) is 6.17. The van der Waals surface area contributed by atoms with Gasteiger partial charge in [0.05, 0.1) is 12.5 Å². The van der Waals surface area contributed by atoms with E-state index in [0.29, 0.717) is 16.1 Å². The molecule has 0 aliphatic rings. The fourth-order valence-electron chi connectivity index (χ4n) is 1.78. The molecule has 0 saturated carbocycles. The molecule has 1 aromatic rings. The molecule has 0 unspecified atom stereocenters. The highest BCUT2D eigenvalue weighted by Crippen LogP contribution is 2.39. The highest BCUT2D eigenvalue weighted by atomic mass is 35.5. The van der Waals surface area contributed by atoms with Crippen LogP contribution in [0.1, 0.15) is 31.0 Å². The van der Waals surface area contributed by atoms with Gasteiger partial charge >= 0.3 is 5.97 Å². The van der Waals surface area contributed by atoms with Crippen LogP contribution >= 0.6 is 11.6 Å². The maximum Gasteiger partial charge on any atom is 0.313 e. The smallest absolute Gasteiger partial charge is 0.313 e. The molecule has 1 atom stereocenters. The van der Waals surface area contributed by atoms with E-state index in [0.717, 1.165) is 0 Å². The Hall–Kier alpha value is -1.26. The zero-order chi connectivity index (χ0) is 14.1. The van der Waals surface area contributed by atoms with Crippen LogP contribution in [0, 0.1) is 12.3 Å². The fourth-order valence-corrected chi connectivity index (χ4v) is 2.06. The van der Waals surface area contributed by atoms with Crippen LogP contribution in [0.3, 0.4) is 0 Å². The van der Waals surface area contributed by atoms with Crippen LogP contribution in [-0.4, -0.2) is 18.2 Å². The predicted molar refractivity (Wildman–Crippen MR) is 70.6 cm³/mol. The van der Waals surface area contributed by atoms with Crippen LogP contribution in [0.5, 0.6) is 5.75 Å². The van der Waals surface area contributed by atoms with Crippen molar-refractivity contribution in [1.82, 2.24) is 0 Å². The van der Waals surface area contributed by atoms with Gasteiger partial charge in [-0.1, -0.05) is 11.6 Å². The Balaban J connectivity index is 3.26. The number of benzene rings is 1. The van der Waals surface area contributed by atoms with E-state index in [9.17, 15) is 9.90 Å². The molecule has 0 amide bonds. The number of aromatic hydroxyl groups is 1. The lowest BCUT2D eigenvalue weighted by Gasteiger charge is -2.29. The van der Waals surface area contributed by atoms with E-state index in [1.807, 2.05) is 0 Å². The lowest BCUT2D eigenvalue weighted by molar-refractivity contribution is -0.152. The summed E-state index contributed by atoms with van der Waals surface area (Å²) in [5.74, 6) is -0.379. The standard InChI is InChI=1S/C13H18ClNO3/c1-7-5-8(14)6-9(10(7)16)11(15)13(2,3)12(17)18-4/h5-6,11,16H,15H2,1-4H3/t11-/m1/s1. The molecule has 0 fully saturated rings. The Kier molecular flexibility index (Phi) is 4.24. The Labute approximate surface area is 112 Å². The summed E-state index contributed by atoms with van der Waals surface area (Å²) in [6.07, 6.45) is 0. The first-order valence-corrected chi connectivity index (χ1v) is 5.92. The van der Waals surface area contributed by atoms with Gasteiger partial charge in [-0.15, -0.1) is 0 Å². The normalized spacial score (nSPS) is 13.2. The summed E-state index contributed by atoms with van der Waals surface area (Å²) < 4.78 is 4.72.